The van der Waals surface area contributed by atoms with E-state index >= 15 is 0 Å². The summed E-state index contributed by atoms with van der Waals surface area (Å²) in [6.45, 7) is 1.38. The Bertz CT molecular complexity index is 1360. The molecule has 2 saturated heterocycles. The summed E-state index contributed by atoms with van der Waals surface area (Å²) in [5.41, 5.74) is -0.108. The van der Waals surface area contributed by atoms with Crippen LogP contribution in [0.25, 0.3) is 0 Å². The molecule has 2 heterocycles. The van der Waals surface area contributed by atoms with Crippen molar-refractivity contribution in [3.8, 4) is 11.8 Å². The topological polar surface area (TPSA) is 146 Å². The molecule has 37 heavy (non-hydrogen) atoms. The van der Waals surface area contributed by atoms with Crippen LogP contribution >= 0.6 is 0 Å². The van der Waals surface area contributed by atoms with Gasteiger partial charge < -0.3 is 19.9 Å². The Hall–Kier alpha value is -2.53. The average Bonchev–Trinajstić information content (AvgIpc) is 3.28. The van der Waals surface area contributed by atoms with Gasteiger partial charge in [-0.1, -0.05) is 12.1 Å². The van der Waals surface area contributed by atoms with E-state index in [0.29, 0.717) is 50.3 Å². The van der Waals surface area contributed by atoms with Gasteiger partial charge >= 0.3 is 0 Å². The lowest BCUT2D eigenvalue weighted by Gasteiger charge is -2.38. The maximum absolute atomic E-state index is 13.0. The first kappa shape index (κ1) is 27.5. The Morgan fingerprint density at radius 1 is 1.16 bits per heavy atom. The van der Waals surface area contributed by atoms with Gasteiger partial charge in [0.15, 0.2) is 9.84 Å². The number of hydrogen-bond donors (Lipinski definition) is 2. The Morgan fingerprint density at radius 3 is 2.57 bits per heavy atom. The van der Waals surface area contributed by atoms with Crippen LogP contribution in [0.3, 0.4) is 0 Å². The van der Waals surface area contributed by atoms with Crippen molar-refractivity contribution in [3.63, 3.8) is 0 Å². The van der Waals surface area contributed by atoms with Gasteiger partial charge in [0.1, 0.15) is 18.5 Å². The van der Waals surface area contributed by atoms with Crippen LogP contribution in [-0.2, 0) is 24.6 Å². The van der Waals surface area contributed by atoms with Crippen LogP contribution in [0, 0.1) is 11.3 Å². The molecule has 2 aromatic carbocycles. The van der Waals surface area contributed by atoms with E-state index in [4.69, 9.17) is 14.7 Å². The number of aliphatic hydroxyl groups is 1. The number of piperidine rings is 1. The minimum absolute atomic E-state index is 0.00123. The number of rotatable bonds is 9. The number of benzene rings is 2. The molecule has 2 atom stereocenters. The van der Waals surface area contributed by atoms with Gasteiger partial charge in [-0.05, 0) is 55.7 Å². The molecule has 0 bridgehead atoms. The van der Waals surface area contributed by atoms with E-state index in [1.54, 1.807) is 24.3 Å². The van der Waals surface area contributed by atoms with Crippen molar-refractivity contribution in [2.75, 3.05) is 39.1 Å². The molecule has 0 aromatic heterocycles. The third-order valence-corrected chi connectivity index (χ3v) is 9.77. The Balaban J connectivity index is 1.24. The van der Waals surface area contributed by atoms with Crippen molar-refractivity contribution >= 4 is 19.9 Å². The van der Waals surface area contributed by atoms with Crippen molar-refractivity contribution in [2.24, 2.45) is 0 Å². The van der Waals surface area contributed by atoms with E-state index in [9.17, 15) is 21.9 Å². The zero-order chi connectivity index (χ0) is 26.7. The van der Waals surface area contributed by atoms with Gasteiger partial charge in [-0.2, -0.15) is 9.57 Å². The third kappa shape index (κ3) is 6.67. The van der Waals surface area contributed by atoms with E-state index in [1.807, 2.05) is 6.07 Å². The molecule has 0 amide bonds. The molecule has 0 aliphatic carbocycles. The third-order valence-electron chi connectivity index (χ3n) is 6.76. The number of sulfonamides is 1. The standard InChI is InChI=1S/C25H31N3O7S2/c1-36(30,31)23-6-3-5-22(13-23)34-18-21(29)16-27-20-14-25(35-17-20)8-10-28(11-9-25)37(32,33)24-7-2-4-19(12-24)15-26/h2-7,12-13,20-21,27,29H,8-11,14,16-18H2,1H3. The highest BCUT2D eigenvalue weighted by Gasteiger charge is 2.44. The minimum Gasteiger partial charge on any atom is -0.491 e. The smallest absolute Gasteiger partial charge is 0.243 e. The number of ether oxygens (including phenoxy) is 2. The molecule has 12 heteroatoms. The van der Waals surface area contributed by atoms with Gasteiger partial charge in [-0.15, -0.1) is 0 Å². The Kier molecular flexibility index (Phi) is 8.23. The van der Waals surface area contributed by atoms with Crippen LogP contribution in [-0.4, -0.2) is 83.1 Å². The second-order valence-electron chi connectivity index (χ2n) is 9.56. The molecule has 0 saturated carbocycles. The van der Waals surface area contributed by atoms with Gasteiger partial charge in [-0.3, -0.25) is 0 Å². The summed E-state index contributed by atoms with van der Waals surface area (Å²) >= 11 is 0. The van der Waals surface area contributed by atoms with Crippen molar-refractivity contribution in [2.45, 2.75) is 46.8 Å². The highest BCUT2D eigenvalue weighted by atomic mass is 32.2. The van der Waals surface area contributed by atoms with E-state index in [0.717, 1.165) is 6.26 Å². The lowest BCUT2D eigenvalue weighted by Crippen LogP contribution is -2.47. The van der Waals surface area contributed by atoms with Gasteiger partial charge in [0.2, 0.25) is 10.0 Å². The monoisotopic (exact) mass is 549 g/mol. The fraction of sp³-hybridized carbons (Fsp3) is 0.480. The number of aliphatic hydroxyl groups excluding tert-OH is 1. The normalized spacial score (nSPS) is 20.9. The van der Waals surface area contributed by atoms with Gasteiger partial charge in [0.05, 0.1) is 33.6 Å². The molecule has 0 radical (unpaired) electrons. The maximum Gasteiger partial charge on any atom is 0.243 e. The van der Waals surface area contributed by atoms with Crippen LogP contribution in [0.4, 0.5) is 0 Å². The molecular formula is C25H31N3O7S2. The fourth-order valence-corrected chi connectivity index (χ4v) is 6.83. The molecular weight excluding hydrogens is 518 g/mol. The lowest BCUT2D eigenvalue weighted by atomic mass is 9.88. The fourth-order valence-electron chi connectivity index (χ4n) is 4.68. The predicted octanol–water partition coefficient (Wildman–Crippen LogP) is 1.30. The highest BCUT2D eigenvalue weighted by Crippen LogP contribution is 2.37. The highest BCUT2D eigenvalue weighted by molar-refractivity contribution is 7.90. The van der Waals surface area contributed by atoms with Gasteiger partial charge in [0.25, 0.3) is 0 Å². The zero-order valence-electron chi connectivity index (χ0n) is 20.5. The van der Waals surface area contributed by atoms with Crippen LogP contribution in [0.1, 0.15) is 24.8 Å². The largest absolute Gasteiger partial charge is 0.491 e. The summed E-state index contributed by atoms with van der Waals surface area (Å²) in [4.78, 5) is 0.272. The molecule has 1 spiro atoms. The molecule has 2 N–H and O–H groups in total. The van der Waals surface area contributed by atoms with Crippen LogP contribution < -0.4 is 10.1 Å². The average molecular weight is 550 g/mol. The number of nitrogens with one attached hydrogen (secondary N) is 1. The first-order valence-electron chi connectivity index (χ1n) is 12.0. The zero-order valence-corrected chi connectivity index (χ0v) is 22.2. The van der Waals surface area contributed by atoms with Crippen LogP contribution in [0.15, 0.2) is 58.3 Å². The Morgan fingerprint density at radius 2 is 1.86 bits per heavy atom. The number of nitriles is 1. The predicted molar refractivity (Wildman–Crippen MR) is 135 cm³/mol. The van der Waals surface area contributed by atoms with Gasteiger partial charge in [-0.25, -0.2) is 16.8 Å². The first-order valence-corrected chi connectivity index (χ1v) is 15.3. The van der Waals surface area contributed by atoms with E-state index in [2.05, 4.69) is 5.32 Å². The van der Waals surface area contributed by atoms with Crippen molar-refractivity contribution in [1.29, 1.82) is 5.26 Å². The van der Waals surface area contributed by atoms with Crippen molar-refractivity contribution in [3.05, 3.63) is 54.1 Å². The SMILES string of the molecule is CS(=O)(=O)c1cccc(OCC(O)CNC2COC3(CCN(S(=O)(=O)c4cccc(C#N)c4)CC3)C2)c1. The summed E-state index contributed by atoms with van der Waals surface area (Å²) < 4.78 is 62.5. The number of hydrogen-bond acceptors (Lipinski definition) is 9. The molecule has 2 aliphatic heterocycles. The quantitative estimate of drug-likeness (QED) is 0.473. The molecule has 2 aliphatic rings. The van der Waals surface area contributed by atoms with Crippen molar-refractivity contribution < 1.29 is 31.4 Å². The second kappa shape index (κ2) is 11.1. The van der Waals surface area contributed by atoms with Crippen molar-refractivity contribution in [1.82, 2.24) is 9.62 Å². The summed E-state index contributed by atoms with van der Waals surface area (Å²) in [5.74, 6) is 0.367. The number of sulfone groups is 1. The summed E-state index contributed by atoms with van der Waals surface area (Å²) in [6.07, 6.45) is 2.14. The second-order valence-corrected chi connectivity index (χ2v) is 13.5. The van der Waals surface area contributed by atoms with E-state index in [1.165, 1.54) is 28.6 Å². The van der Waals surface area contributed by atoms with E-state index < -0.39 is 31.6 Å². The van der Waals surface area contributed by atoms with Crippen LogP contribution in [0.2, 0.25) is 0 Å². The molecule has 200 valence electrons. The molecule has 2 unspecified atom stereocenters. The van der Waals surface area contributed by atoms with E-state index in [-0.39, 0.29) is 29.0 Å². The summed E-state index contributed by atoms with van der Waals surface area (Å²) in [7, 11) is -7.03. The molecule has 2 fully saturated rings. The Labute approximate surface area is 217 Å². The summed E-state index contributed by atoms with van der Waals surface area (Å²) in [6, 6.07) is 14.2. The lowest BCUT2D eigenvalue weighted by molar-refractivity contribution is -0.0312. The molecule has 4 rings (SSSR count). The van der Waals surface area contributed by atoms with Gasteiger partial charge in [0, 0.05) is 31.9 Å². The first-order chi connectivity index (χ1) is 17.5. The number of nitrogens with zero attached hydrogens (tertiary/aromatic N) is 2. The molecule has 2 aromatic rings. The van der Waals surface area contributed by atoms with Crippen LogP contribution in [0.5, 0.6) is 5.75 Å². The minimum atomic E-state index is -3.69. The maximum atomic E-state index is 13.0. The molecule has 10 nitrogen and oxygen atoms in total. The summed E-state index contributed by atoms with van der Waals surface area (Å²) in [5, 5.41) is 22.7.